The van der Waals surface area contributed by atoms with Gasteiger partial charge in [-0.2, -0.15) is 0 Å². The molecule has 3 nitrogen and oxygen atoms in total. The van der Waals surface area contributed by atoms with Crippen molar-refractivity contribution in [2.24, 2.45) is 0 Å². The summed E-state index contributed by atoms with van der Waals surface area (Å²) < 4.78 is 0. The normalized spacial score (nSPS) is 21.5. The first-order valence-electron chi connectivity index (χ1n) is 5.85. The Balaban J connectivity index is 2.21. The highest BCUT2D eigenvalue weighted by molar-refractivity contribution is 5.00. The van der Waals surface area contributed by atoms with Crippen LogP contribution in [0.5, 0.6) is 0 Å². The zero-order valence-corrected chi connectivity index (χ0v) is 10.1. The number of nitrogens with one attached hydrogen (secondary N) is 1. The maximum absolute atomic E-state index is 9.81. The van der Waals surface area contributed by atoms with Gasteiger partial charge in [-0.15, -0.1) is 0 Å². The molecule has 1 fully saturated rings. The highest BCUT2D eigenvalue weighted by atomic mass is 16.3. The molecule has 88 valence electrons. The Labute approximate surface area is 93.2 Å². The SMILES string of the molecule is C=C(CNCC)CN1CCC(C)(O)CC1. The lowest BCUT2D eigenvalue weighted by Gasteiger charge is -2.36. The van der Waals surface area contributed by atoms with Crippen molar-refractivity contribution in [3.05, 3.63) is 12.2 Å². The van der Waals surface area contributed by atoms with Gasteiger partial charge in [-0.25, -0.2) is 0 Å². The Hall–Kier alpha value is -0.380. The third-order valence-corrected chi connectivity index (χ3v) is 3.01. The molecule has 1 aliphatic rings. The highest BCUT2D eigenvalue weighted by Crippen LogP contribution is 2.21. The van der Waals surface area contributed by atoms with Crippen molar-refractivity contribution < 1.29 is 5.11 Å². The molecular weight excluding hydrogens is 188 g/mol. The molecule has 0 aromatic heterocycles. The summed E-state index contributed by atoms with van der Waals surface area (Å²) in [6, 6.07) is 0. The summed E-state index contributed by atoms with van der Waals surface area (Å²) in [6.45, 7) is 12.9. The molecule has 0 radical (unpaired) electrons. The quantitative estimate of drug-likeness (QED) is 0.667. The Morgan fingerprint density at radius 3 is 2.60 bits per heavy atom. The molecule has 1 heterocycles. The Kier molecular flexibility index (Phi) is 4.77. The van der Waals surface area contributed by atoms with Crippen LogP contribution in [0.3, 0.4) is 0 Å². The van der Waals surface area contributed by atoms with E-state index in [1.807, 2.05) is 6.92 Å². The Morgan fingerprint density at radius 2 is 2.07 bits per heavy atom. The molecule has 15 heavy (non-hydrogen) atoms. The summed E-state index contributed by atoms with van der Waals surface area (Å²) in [4.78, 5) is 2.37. The fraction of sp³-hybridized carbons (Fsp3) is 0.833. The van der Waals surface area contributed by atoms with Gasteiger partial charge >= 0.3 is 0 Å². The molecule has 0 aromatic carbocycles. The molecular formula is C12H24N2O. The first kappa shape index (κ1) is 12.7. The summed E-state index contributed by atoms with van der Waals surface area (Å²) in [7, 11) is 0. The van der Waals surface area contributed by atoms with Gasteiger partial charge < -0.3 is 10.4 Å². The summed E-state index contributed by atoms with van der Waals surface area (Å²) >= 11 is 0. The molecule has 0 amide bonds. The van der Waals surface area contributed by atoms with Crippen molar-refractivity contribution in [2.45, 2.75) is 32.3 Å². The lowest BCUT2D eigenvalue weighted by Crippen LogP contribution is -2.43. The molecule has 1 saturated heterocycles. The average molecular weight is 212 g/mol. The van der Waals surface area contributed by atoms with Gasteiger partial charge in [-0.3, -0.25) is 4.90 Å². The summed E-state index contributed by atoms with van der Waals surface area (Å²) in [5, 5.41) is 13.1. The number of aliphatic hydroxyl groups is 1. The third kappa shape index (κ3) is 4.78. The lowest BCUT2D eigenvalue weighted by atomic mass is 9.93. The maximum Gasteiger partial charge on any atom is 0.0644 e. The fourth-order valence-corrected chi connectivity index (χ4v) is 1.87. The van der Waals surface area contributed by atoms with Gasteiger partial charge in [0.15, 0.2) is 0 Å². The second kappa shape index (κ2) is 5.64. The number of hydrogen-bond acceptors (Lipinski definition) is 3. The van der Waals surface area contributed by atoms with Crippen LogP contribution in [0.2, 0.25) is 0 Å². The number of likely N-dealkylation sites (N-methyl/N-ethyl adjacent to an activating group) is 1. The molecule has 0 unspecified atom stereocenters. The molecule has 0 aromatic rings. The van der Waals surface area contributed by atoms with E-state index in [1.54, 1.807) is 0 Å². The van der Waals surface area contributed by atoms with Crippen molar-refractivity contribution >= 4 is 0 Å². The van der Waals surface area contributed by atoms with Crippen LogP contribution in [0.25, 0.3) is 0 Å². The van der Waals surface area contributed by atoms with E-state index in [-0.39, 0.29) is 0 Å². The number of nitrogens with zero attached hydrogens (tertiary/aromatic N) is 1. The molecule has 2 N–H and O–H groups in total. The molecule has 1 aliphatic heterocycles. The molecule has 0 aliphatic carbocycles. The number of rotatable bonds is 5. The van der Waals surface area contributed by atoms with Gasteiger partial charge in [-0.1, -0.05) is 13.5 Å². The largest absolute Gasteiger partial charge is 0.390 e. The van der Waals surface area contributed by atoms with Crippen LogP contribution in [0.15, 0.2) is 12.2 Å². The third-order valence-electron chi connectivity index (χ3n) is 3.01. The highest BCUT2D eigenvalue weighted by Gasteiger charge is 2.26. The number of piperidine rings is 1. The van der Waals surface area contributed by atoms with Crippen LogP contribution < -0.4 is 5.32 Å². The Morgan fingerprint density at radius 1 is 1.47 bits per heavy atom. The van der Waals surface area contributed by atoms with E-state index < -0.39 is 5.60 Å². The summed E-state index contributed by atoms with van der Waals surface area (Å²) in [6.07, 6.45) is 1.75. The van der Waals surface area contributed by atoms with E-state index in [2.05, 4.69) is 23.7 Å². The smallest absolute Gasteiger partial charge is 0.0644 e. The average Bonchev–Trinajstić information content (AvgIpc) is 2.18. The van der Waals surface area contributed by atoms with Gasteiger partial charge in [0.1, 0.15) is 0 Å². The van der Waals surface area contributed by atoms with E-state index in [9.17, 15) is 5.11 Å². The number of hydrogen-bond donors (Lipinski definition) is 2. The minimum atomic E-state index is -0.445. The molecule has 0 atom stereocenters. The van der Waals surface area contributed by atoms with Crippen molar-refractivity contribution in [1.29, 1.82) is 0 Å². The van der Waals surface area contributed by atoms with Crippen LogP contribution in [-0.2, 0) is 0 Å². The zero-order valence-electron chi connectivity index (χ0n) is 10.1. The second-order valence-electron chi connectivity index (χ2n) is 4.80. The molecule has 1 rings (SSSR count). The fourth-order valence-electron chi connectivity index (χ4n) is 1.87. The second-order valence-corrected chi connectivity index (χ2v) is 4.80. The first-order chi connectivity index (χ1) is 7.03. The van der Waals surface area contributed by atoms with Crippen LogP contribution in [0.1, 0.15) is 26.7 Å². The summed E-state index contributed by atoms with van der Waals surface area (Å²) in [5.74, 6) is 0. The lowest BCUT2D eigenvalue weighted by molar-refractivity contribution is -0.00309. The monoisotopic (exact) mass is 212 g/mol. The van der Waals surface area contributed by atoms with Crippen LogP contribution >= 0.6 is 0 Å². The van der Waals surface area contributed by atoms with Gasteiger partial charge in [0, 0.05) is 26.2 Å². The van der Waals surface area contributed by atoms with Crippen LogP contribution in [0.4, 0.5) is 0 Å². The predicted molar refractivity (Wildman–Crippen MR) is 64.0 cm³/mol. The topological polar surface area (TPSA) is 35.5 Å². The molecule has 0 bridgehead atoms. The molecule has 3 heteroatoms. The van der Waals surface area contributed by atoms with E-state index >= 15 is 0 Å². The van der Waals surface area contributed by atoms with E-state index in [0.717, 1.165) is 45.6 Å². The minimum absolute atomic E-state index is 0.445. The van der Waals surface area contributed by atoms with Gasteiger partial charge in [-0.05, 0) is 31.9 Å². The van der Waals surface area contributed by atoms with Gasteiger partial charge in [0.2, 0.25) is 0 Å². The van der Waals surface area contributed by atoms with Crippen molar-refractivity contribution in [3.8, 4) is 0 Å². The predicted octanol–water partition coefficient (Wildman–Crippen LogP) is 0.999. The van der Waals surface area contributed by atoms with Crippen molar-refractivity contribution in [2.75, 3.05) is 32.7 Å². The maximum atomic E-state index is 9.81. The zero-order chi connectivity index (χ0) is 11.3. The standard InChI is InChI=1S/C12H24N2O/c1-4-13-9-11(2)10-14-7-5-12(3,15)6-8-14/h13,15H,2,4-10H2,1,3H3. The van der Waals surface area contributed by atoms with Crippen molar-refractivity contribution in [1.82, 2.24) is 10.2 Å². The van der Waals surface area contributed by atoms with Gasteiger partial charge in [0.05, 0.1) is 5.60 Å². The molecule has 0 spiro atoms. The number of likely N-dealkylation sites (tertiary alicyclic amines) is 1. The minimum Gasteiger partial charge on any atom is -0.390 e. The summed E-state index contributed by atoms with van der Waals surface area (Å²) in [5.41, 5.74) is 0.790. The van der Waals surface area contributed by atoms with Crippen molar-refractivity contribution in [3.63, 3.8) is 0 Å². The van der Waals surface area contributed by atoms with Crippen LogP contribution in [-0.4, -0.2) is 48.3 Å². The Bertz CT molecular complexity index is 204. The van der Waals surface area contributed by atoms with E-state index in [4.69, 9.17) is 0 Å². The van der Waals surface area contributed by atoms with Gasteiger partial charge in [0.25, 0.3) is 0 Å². The van der Waals surface area contributed by atoms with Crippen LogP contribution in [0, 0.1) is 0 Å². The van der Waals surface area contributed by atoms with E-state index in [0.29, 0.717) is 0 Å². The van der Waals surface area contributed by atoms with E-state index in [1.165, 1.54) is 5.57 Å². The molecule has 0 saturated carbocycles. The first-order valence-corrected chi connectivity index (χ1v) is 5.85.